The predicted molar refractivity (Wildman–Crippen MR) is 53.9 cm³/mol. The van der Waals surface area contributed by atoms with Gasteiger partial charge in [-0.25, -0.2) is 8.78 Å². The maximum absolute atomic E-state index is 12.4. The minimum atomic E-state index is -2.45. The van der Waals surface area contributed by atoms with E-state index in [1.54, 1.807) is 19.1 Å². The third kappa shape index (κ3) is 1.88. The average Bonchev–Trinajstić information content (AvgIpc) is 1.97. The number of benzene rings is 1. The lowest BCUT2D eigenvalue weighted by Crippen LogP contribution is -1.94. The summed E-state index contributed by atoms with van der Waals surface area (Å²) >= 11 is 7.52. The molecule has 0 fully saturated rings. The molecule has 0 aliphatic rings. The van der Waals surface area contributed by atoms with Gasteiger partial charge in [-0.15, -0.1) is 0 Å². The van der Waals surface area contributed by atoms with Crippen molar-refractivity contribution in [2.24, 2.45) is 0 Å². The fourth-order valence-electron chi connectivity index (χ4n) is 0.931. The summed E-state index contributed by atoms with van der Waals surface area (Å²) in [6, 6.07) is 3.23. The van der Waals surface area contributed by atoms with E-state index in [0.717, 1.165) is 0 Å². The third-order valence-corrected chi connectivity index (χ3v) is 3.36. The zero-order valence-electron chi connectivity index (χ0n) is 6.24. The Balaban J connectivity index is 3.33. The zero-order chi connectivity index (χ0) is 9.30. The Bertz CT molecular complexity index is 299. The first kappa shape index (κ1) is 10.2. The van der Waals surface area contributed by atoms with Crippen molar-refractivity contribution < 1.29 is 8.78 Å². The third-order valence-electron chi connectivity index (χ3n) is 1.57. The van der Waals surface area contributed by atoms with E-state index in [2.05, 4.69) is 0 Å². The van der Waals surface area contributed by atoms with E-state index in [-0.39, 0.29) is 5.56 Å². The van der Waals surface area contributed by atoms with Gasteiger partial charge in [0.2, 0.25) is 0 Å². The molecule has 4 heteroatoms. The topological polar surface area (TPSA) is 0 Å². The molecule has 0 aliphatic carbocycles. The van der Waals surface area contributed by atoms with Gasteiger partial charge < -0.3 is 0 Å². The highest BCUT2D eigenvalue weighted by atomic mass is 127. The Kier molecular flexibility index (Phi) is 3.29. The zero-order valence-corrected chi connectivity index (χ0v) is 9.16. The number of alkyl halides is 2. The van der Waals surface area contributed by atoms with Gasteiger partial charge in [0.05, 0.1) is 5.02 Å². The van der Waals surface area contributed by atoms with Crippen molar-refractivity contribution in [1.82, 2.24) is 0 Å². The molecule has 0 saturated carbocycles. The van der Waals surface area contributed by atoms with Gasteiger partial charge in [0.25, 0.3) is 6.43 Å². The van der Waals surface area contributed by atoms with Gasteiger partial charge in [0.1, 0.15) is 0 Å². The molecule has 0 bridgehead atoms. The van der Waals surface area contributed by atoms with Crippen molar-refractivity contribution >= 4 is 34.2 Å². The summed E-state index contributed by atoms with van der Waals surface area (Å²) in [6.45, 7) is 1.65. The Morgan fingerprint density at radius 3 is 2.42 bits per heavy atom. The van der Waals surface area contributed by atoms with Crippen LogP contribution in [0, 0.1) is 10.5 Å². The monoisotopic (exact) mass is 302 g/mol. The number of hydrogen-bond acceptors (Lipinski definition) is 0. The molecule has 0 N–H and O–H groups in total. The van der Waals surface area contributed by atoms with Gasteiger partial charge in [-0.05, 0) is 41.1 Å². The Hall–Kier alpha value is 0.1000. The second-order valence-corrected chi connectivity index (χ2v) is 3.88. The minimum absolute atomic E-state index is 0.0445. The van der Waals surface area contributed by atoms with E-state index in [0.29, 0.717) is 14.2 Å². The lowest BCUT2D eigenvalue weighted by atomic mass is 10.1. The number of rotatable bonds is 1. The molecule has 0 saturated heterocycles. The van der Waals surface area contributed by atoms with Crippen LogP contribution in [0.5, 0.6) is 0 Å². The van der Waals surface area contributed by atoms with Gasteiger partial charge in [0, 0.05) is 9.13 Å². The van der Waals surface area contributed by atoms with Gasteiger partial charge >= 0.3 is 0 Å². The summed E-state index contributed by atoms with van der Waals surface area (Å²) in [6.07, 6.45) is -2.45. The predicted octanol–water partition coefficient (Wildman–Crippen LogP) is 4.19. The van der Waals surface area contributed by atoms with Crippen LogP contribution < -0.4 is 0 Å². The quantitative estimate of drug-likeness (QED) is 0.682. The summed E-state index contributed by atoms with van der Waals surface area (Å²) in [5.41, 5.74) is 0.627. The molecular weight excluding hydrogens is 296 g/mol. The molecular formula is C8H6ClF2I. The van der Waals surface area contributed by atoms with Crippen LogP contribution in [-0.4, -0.2) is 0 Å². The fraction of sp³-hybridized carbons (Fsp3) is 0.250. The normalized spacial score (nSPS) is 10.8. The highest BCUT2D eigenvalue weighted by Crippen LogP contribution is 2.32. The van der Waals surface area contributed by atoms with Crippen LogP contribution in [-0.2, 0) is 0 Å². The summed E-state index contributed by atoms with van der Waals surface area (Å²) in [5, 5.41) is 0.386. The second-order valence-electron chi connectivity index (χ2n) is 2.39. The smallest absolute Gasteiger partial charge is 0.205 e. The molecule has 66 valence electrons. The number of halogens is 4. The average molecular weight is 302 g/mol. The van der Waals surface area contributed by atoms with Crippen LogP contribution in [0.3, 0.4) is 0 Å². The van der Waals surface area contributed by atoms with E-state index in [4.69, 9.17) is 11.6 Å². The largest absolute Gasteiger partial charge is 0.265 e. The number of aryl methyl sites for hydroxylation is 1. The van der Waals surface area contributed by atoms with Crippen LogP contribution in [0.4, 0.5) is 8.78 Å². The molecule has 0 aliphatic heterocycles. The highest BCUT2D eigenvalue weighted by molar-refractivity contribution is 14.1. The molecule has 0 aromatic heterocycles. The van der Waals surface area contributed by atoms with Crippen LogP contribution >= 0.6 is 34.2 Å². The van der Waals surface area contributed by atoms with Crippen LogP contribution in [0.15, 0.2) is 12.1 Å². The standard InChI is InChI=1S/C8H6ClF2I/c1-4-2-3-5(9)7(12)6(4)8(10)11/h2-3,8H,1H3. The van der Waals surface area contributed by atoms with E-state index in [9.17, 15) is 8.78 Å². The van der Waals surface area contributed by atoms with Gasteiger partial charge in [-0.1, -0.05) is 17.7 Å². The molecule has 12 heavy (non-hydrogen) atoms. The highest BCUT2D eigenvalue weighted by Gasteiger charge is 2.16. The van der Waals surface area contributed by atoms with Gasteiger partial charge in [-0.2, -0.15) is 0 Å². The summed E-state index contributed by atoms with van der Waals surface area (Å²) in [7, 11) is 0. The van der Waals surface area contributed by atoms with Crippen LogP contribution in [0.2, 0.25) is 5.02 Å². The van der Waals surface area contributed by atoms with E-state index < -0.39 is 6.43 Å². The molecule has 1 aromatic carbocycles. The first-order chi connectivity index (χ1) is 5.54. The molecule has 1 rings (SSSR count). The maximum atomic E-state index is 12.4. The summed E-state index contributed by atoms with van der Waals surface area (Å²) in [5.74, 6) is 0. The van der Waals surface area contributed by atoms with Crippen LogP contribution in [0.25, 0.3) is 0 Å². The lowest BCUT2D eigenvalue weighted by molar-refractivity contribution is 0.149. The maximum Gasteiger partial charge on any atom is 0.265 e. The Labute approximate surface area is 88.1 Å². The van der Waals surface area contributed by atoms with E-state index in [1.165, 1.54) is 0 Å². The first-order valence-corrected chi connectivity index (χ1v) is 4.72. The molecule has 0 radical (unpaired) electrons. The molecule has 0 nitrogen and oxygen atoms in total. The van der Waals surface area contributed by atoms with Gasteiger partial charge in [-0.3, -0.25) is 0 Å². The van der Waals surface area contributed by atoms with E-state index in [1.807, 2.05) is 22.6 Å². The summed E-state index contributed by atoms with van der Waals surface area (Å²) < 4.78 is 25.3. The fourth-order valence-corrected chi connectivity index (χ4v) is 1.94. The molecule has 0 atom stereocenters. The minimum Gasteiger partial charge on any atom is -0.205 e. The Morgan fingerprint density at radius 2 is 2.00 bits per heavy atom. The molecule has 0 heterocycles. The summed E-state index contributed by atoms with van der Waals surface area (Å²) in [4.78, 5) is 0. The Morgan fingerprint density at radius 1 is 1.42 bits per heavy atom. The van der Waals surface area contributed by atoms with Crippen LogP contribution in [0.1, 0.15) is 17.6 Å². The molecule has 0 unspecified atom stereocenters. The molecule has 0 spiro atoms. The van der Waals surface area contributed by atoms with E-state index >= 15 is 0 Å². The van der Waals surface area contributed by atoms with Crippen molar-refractivity contribution in [3.8, 4) is 0 Å². The number of hydrogen-bond donors (Lipinski definition) is 0. The first-order valence-electron chi connectivity index (χ1n) is 3.26. The van der Waals surface area contributed by atoms with Crippen molar-refractivity contribution in [1.29, 1.82) is 0 Å². The molecule has 0 amide bonds. The lowest BCUT2D eigenvalue weighted by Gasteiger charge is -2.08. The van der Waals surface area contributed by atoms with Crippen molar-refractivity contribution in [3.63, 3.8) is 0 Å². The second kappa shape index (κ2) is 3.87. The molecule has 1 aromatic rings. The van der Waals surface area contributed by atoms with Crippen molar-refractivity contribution in [2.45, 2.75) is 13.3 Å². The van der Waals surface area contributed by atoms with Gasteiger partial charge in [0.15, 0.2) is 0 Å². The van der Waals surface area contributed by atoms with Crippen molar-refractivity contribution in [3.05, 3.63) is 31.9 Å². The van der Waals surface area contributed by atoms with Crippen molar-refractivity contribution in [2.75, 3.05) is 0 Å². The SMILES string of the molecule is Cc1ccc(Cl)c(I)c1C(F)F.